The van der Waals surface area contributed by atoms with E-state index in [1.54, 1.807) is 0 Å². The van der Waals surface area contributed by atoms with Gasteiger partial charge in [0.1, 0.15) is 31.0 Å². The molecule has 7 heteroatoms. The predicted octanol–water partition coefficient (Wildman–Crippen LogP) is 23.2. The summed E-state index contributed by atoms with van der Waals surface area (Å²) in [5.41, 5.74) is 2.39. The van der Waals surface area contributed by atoms with Crippen molar-refractivity contribution in [2.75, 3.05) is 6.61 Å². The van der Waals surface area contributed by atoms with Crippen molar-refractivity contribution in [2.45, 2.75) is 433 Å². The molecule has 4 fully saturated rings. The summed E-state index contributed by atoms with van der Waals surface area (Å²) < 4.78 is 18.3. The molecule has 1 saturated heterocycles. The molecule has 0 bridgehead atoms. The Bertz CT molecular complexity index is 1760. The minimum Gasteiger partial charge on any atom is -0.463 e. The number of allylic oxidation sites excluding steroid dienone is 1. The summed E-state index contributed by atoms with van der Waals surface area (Å²) in [6.07, 6.45) is 67.1. The molecule has 1 aliphatic heterocycles. The number of rotatable bonds is 52. The summed E-state index contributed by atoms with van der Waals surface area (Å²) in [5, 5.41) is 32.9. The zero-order valence-corrected chi connectivity index (χ0v) is 59.2. The first-order valence-electron chi connectivity index (χ1n) is 39.4. The van der Waals surface area contributed by atoms with Crippen molar-refractivity contribution in [1.82, 2.24) is 0 Å². The Morgan fingerprint density at radius 2 is 0.943 bits per heavy atom. The van der Waals surface area contributed by atoms with Crippen molar-refractivity contribution in [3.8, 4) is 0 Å². The van der Waals surface area contributed by atoms with Gasteiger partial charge in [-0.1, -0.05) is 337 Å². The van der Waals surface area contributed by atoms with Gasteiger partial charge in [-0.15, -0.1) is 0 Å². The SMILES string of the molecule is CCCCCCCCCCCCCCCCCCCCCCCCCCCCCCCCCCCCCCCCCCCC(=O)OCC1OC(OC2CCC3(C)C(=CCC4C3CCC3(C)C(C(C)CCC(CC)C(C)C)CCC43C)C2)C(O)C(O)C1O. The summed E-state index contributed by atoms with van der Waals surface area (Å²) in [6, 6.07) is 0. The van der Waals surface area contributed by atoms with Crippen molar-refractivity contribution >= 4 is 5.97 Å². The van der Waals surface area contributed by atoms with Crippen LogP contribution in [0.3, 0.4) is 0 Å². The number of unbranched alkanes of at least 4 members (excludes halogenated alkanes) is 40. The monoisotopic (exact) mass is 1220 g/mol. The number of aliphatic hydroxyl groups is 3. The van der Waals surface area contributed by atoms with E-state index in [1.807, 2.05) is 0 Å². The van der Waals surface area contributed by atoms with Crippen LogP contribution in [0.15, 0.2) is 11.6 Å². The second kappa shape index (κ2) is 43.8. The molecule has 0 amide bonds. The Morgan fingerprint density at radius 1 is 0.517 bits per heavy atom. The van der Waals surface area contributed by atoms with Crippen LogP contribution in [-0.2, 0) is 19.0 Å². The minimum atomic E-state index is -1.45. The van der Waals surface area contributed by atoms with Crippen LogP contribution in [0.25, 0.3) is 0 Å². The molecule has 510 valence electrons. The van der Waals surface area contributed by atoms with Gasteiger partial charge in [0.15, 0.2) is 6.29 Å². The summed E-state index contributed by atoms with van der Waals surface area (Å²) in [7, 11) is 0. The highest BCUT2D eigenvalue weighted by atomic mass is 16.7. The van der Waals surface area contributed by atoms with E-state index in [1.165, 1.54) is 295 Å². The molecule has 0 radical (unpaired) electrons. The van der Waals surface area contributed by atoms with Crippen molar-refractivity contribution in [2.24, 2.45) is 51.8 Å². The first kappa shape index (κ1) is 76.7. The van der Waals surface area contributed by atoms with Crippen LogP contribution in [0.1, 0.15) is 396 Å². The number of esters is 1. The second-order valence-corrected chi connectivity index (χ2v) is 31.7. The molecule has 5 aliphatic rings. The van der Waals surface area contributed by atoms with E-state index < -0.39 is 30.7 Å². The molecule has 0 spiro atoms. The average molecular weight is 1220 g/mol. The molecule has 3 N–H and O–H groups in total. The Balaban J connectivity index is 0.778. The van der Waals surface area contributed by atoms with Crippen molar-refractivity contribution in [1.29, 1.82) is 0 Å². The van der Waals surface area contributed by atoms with E-state index in [-0.39, 0.29) is 24.1 Å². The fraction of sp³-hybridized carbons (Fsp3) is 0.963. The van der Waals surface area contributed by atoms with Gasteiger partial charge in [-0.2, -0.15) is 0 Å². The van der Waals surface area contributed by atoms with Gasteiger partial charge >= 0.3 is 5.97 Å². The average Bonchev–Trinajstić information content (AvgIpc) is 1.79. The lowest BCUT2D eigenvalue weighted by Crippen LogP contribution is -2.60. The summed E-state index contributed by atoms with van der Waals surface area (Å²) in [6.45, 7) is 19.8. The summed E-state index contributed by atoms with van der Waals surface area (Å²) >= 11 is 0. The van der Waals surface area contributed by atoms with E-state index in [0.29, 0.717) is 29.1 Å². The normalized spacial score (nSPS) is 29.6. The molecule has 3 saturated carbocycles. The molecule has 0 aromatic heterocycles. The zero-order valence-electron chi connectivity index (χ0n) is 59.2. The van der Waals surface area contributed by atoms with E-state index in [9.17, 15) is 20.1 Å². The van der Waals surface area contributed by atoms with Gasteiger partial charge in [-0.25, -0.2) is 0 Å². The van der Waals surface area contributed by atoms with Gasteiger partial charge in [0.2, 0.25) is 0 Å². The number of ether oxygens (including phenoxy) is 3. The maximum Gasteiger partial charge on any atom is 0.305 e. The minimum absolute atomic E-state index is 0.143. The molecule has 7 nitrogen and oxygen atoms in total. The van der Waals surface area contributed by atoms with Crippen LogP contribution in [0, 0.1) is 51.8 Å². The standard InChI is InChI=1S/C80H148O7/c1-9-11-12-13-14-15-16-17-18-19-20-21-22-23-24-25-26-27-28-29-30-31-32-33-34-35-36-37-38-39-40-41-42-43-44-45-46-47-48-49-50-51-73(81)85-63-72-74(82)75(83)76(84)77(87-72)86-68-56-59-78(6)67(62-68)54-55-71-70(78)58-61-79(7)69(57-60-80(71,79)8)65(5)52-53-66(10-2)64(3)4/h54,64-66,68-72,74-77,82-84H,9-53,55-63H2,1-8H3. The second-order valence-electron chi connectivity index (χ2n) is 31.7. The molecule has 4 aliphatic carbocycles. The molecular weight excluding hydrogens is 1070 g/mol. The van der Waals surface area contributed by atoms with E-state index in [4.69, 9.17) is 14.2 Å². The number of hydrogen-bond acceptors (Lipinski definition) is 7. The topological polar surface area (TPSA) is 105 Å². The molecule has 0 aromatic carbocycles. The molecular formula is C80H148O7. The van der Waals surface area contributed by atoms with Crippen LogP contribution < -0.4 is 0 Å². The number of carbonyl (C=O) groups excluding carboxylic acids is 1. The van der Waals surface area contributed by atoms with Crippen LogP contribution >= 0.6 is 0 Å². The third-order valence-corrected chi connectivity index (χ3v) is 25.0. The van der Waals surface area contributed by atoms with Gasteiger partial charge < -0.3 is 29.5 Å². The fourth-order valence-corrected chi connectivity index (χ4v) is 18.6. The summed E-state index contributed by atoms with van der Waals surface area (Å²) in [5.74, 6) is 4.26. The van der Waals surface area contributed by atoms with E-state index in [2.05, 4.69) is 61.5 Å². The van der Waals surface area contributed by atoms with Gasteiger partial charge in [0, 0.05) is 6.42 Å². The Morgan fingerprint density at radius 3 is 1.37 bits per heavy atom. The van der Waals surface area contributed by atoms with Gasteiger partial charge in [-0.3, -0.25) is 4.79 Å². The highest BCUT2D eigenvalue weighted by Gasteiger charge is 2.65. The molecule has 5 rings (SSSR count). The lowest BCUT2D eigenvalue weighted by molar-refractivity contribution is -0.313. The van der Waals surface area contributed by atoms with E-state index in [0.717, 1.165) is 68.6 Å². The molecule has 0 aromatic rings. The molecule has 87 heavy (non-hydrogen) atoms. The highest BCUT2D eigenvalue weighted by Crippen LogP contribution is 2.73. The van der Waals surface area contributed by atoms with Crippen LogP contribution in [-0.4, -0.2) is 64.7 Å². The van der Waals surface area contributed by atoms with Gasteiger partial charge in [0.25, 0.3) is 0 Å². The number of hydrogen-bond donors (Lipinski definition) is 3. The Kier molecular flexibility index (Phi) is 38.6. The lowest BCUT2D eigenvalue weighted by atomic mass is 9.42. The van der Waals surface area contributed by atoms with Gasteiger partial charge in [-0.05, 0) is 116 Å². The van der Waals surface area contributed by atoms with E-state index >= 15 is 0 Å². The fourth-order valence-electron chi connectivity index (χ4n) is 18.6. The molecule has 14 atom stereocenters. The largest absolute Gasteiger partial charge is 0.463 e. The molecule has 14 unspecified atom stereocenters. The Hall–Kier alpha value is -0.990. The first-order valence-corrected chi connectivity index (χ1v) is 39.4. The molecule has 1 heterocycles. The van der Waals surface area contributed by atoms with Crippen LogP contribution in [0.4, 0.5) is 0 Å². The van der Waals surface area contributed by atoms with Crippen molar-refractivity contribution in [3.05, 3.63) is 11.6 Å². The first-order chi connectivity index (χ1) is 42.2. The lowest BCUT2D eigenvalue weighted by Gasteiger charge is -2.63. The highest BCUT2D eigenvalue weighted by molar-refractivity contribution is 5.69. The van der Waals surface area contributed by atoms with Crippen LogP contribution in [0.5, 0.6) is 0 Å². The number of aliphatic hydroxyl groups excluding tert-OH is 3. The predicted molar refractivity (Wildman–Crippen MR) is 369 cm³/mol. The zero-order chi connectivity index (χ0) is 62.6. The maximum atomic E-state index is 12.8. The third-order valence-electron chi connectivity index (χ3n) is 25.0. The number of fused-ring (bicyclic) bond motifs is 5. The quantitative estimate of drug-likeness (QED) is 0.0317. The van der Waals surface area contributed by atoms with Crippen LogP contribution in [0.2, 0.25) is 0 Å². The Labute approximate surface area is 540 Å². The third kappa shape index (κ3) is 26.0. The van der Waals surface area contributed by atoms with Crippen molar-refractivity contribution in [3.63, 3.8) is 0 Å². The van der Waals surface area contributed by atoms with Gasteiger partial charge in [0.05, 0.1) is 6.10 Å². The summed E-state index contributed by atoms with van der Waals surface area (Å²) in [4.78, 5) is 12.8. The smallest absolute Gasteiger partial charge is 0.305 e. The number of carbonyl (C=O) groups is 1. The maximum absolute atomic E-state index is 12.8. The van der Waals surface area contributed by atoms with Crippen molar-refractivity contribution < 1.29 is 34.3 Å².